The zero-order valence-electron chi connectivity index (χ0n) is 19.7. The summed E-state index contributed by atoms with van der Waals surface area (Å²) in [6.45, 7) is 10.8. The van der Waals surface area contributed by atoms with Gasteiger partial charge in [0.2, 0.25) is 0 Å². The van der Waals surface area contributed by atoms with E-state index in [4.69, 9.17) is 18.9 Å². The van der Waals surface area contributed by atoms with Gasteiger partial charge in [0, 0.05) is 25.2 Å². The van der Waals surface area contributed by atoms with Gasteiger partial charge in [0.15, 0.2) is 6.61 Å². The molecule has 3 rings (SSSR count). The quantitative estimate of drug-likeness (QED) is 0.576. The van der Waals surface area contributed by atoms with E-state index in [2.05, 4.69) is 10.2 Å². The number of aryl methyl sites for hydroxylation is 1. The number of benzene rings is 2. The van der Waals surface area contributed by atoms with Gasteiger partial charge in [0.05, 0.1) is 43.4 Å². The van der Waals surface area contributed by atoms with Crippen LogP contribution in [0.4, 0.5) is 11.4 Å². The molecule has 0 unspecified atom stereocenters. The maximum atomic E-state index is 12.6. The number of morpholine rings is 1. The van der Waals surface area contributed by atoms with Crippen molar-refractivity contribution in [3.8, 4) is 11.5 Å². The molecule has 0 radical (unpaired) electrons. The van der Waals surface area contributed by atoms with Crippen LogP contribution in [0.1, 0.15) is 35.3 Å². The van der Waals surface area contributed by atoms with Crippen molar-refractivity contribution in [1.29, 1.82) is 0 Å². The standard InChI is InChI=1S/C25H32N2O6/c1-5-31-22-15-21(27-10-12-30-13-11-27)23(32-6-2)14-20(22)26-24(28)16-33-25(29)19-9-7-8-17(3)18(19)4/h7-9,14-15H,5-6,10-13,16H2,1-4H3,(H,26,28). The highest BCUT2D eigenvalue weighted by atomic mass is 16.5. The molecule has 33 heavy (non-hydrogen) atoms. The number of amides is 1. The van der Waals surface area contributed by atoms with Crippen LogP contribution in [0.3, 0.4) is 0 Å². The number of esters is 1. The van der Waals surface area contributed by atoms with Crippen LogP contribution in [0, 0.1) is 13.8 Å². The fraction of sp³-hybridized carbons (Fsp3) is 0.440. The van der Waals surface area contributed by atoms with Crippen LogP contribution in [-0.2, 0) is 14.3 Å². The molecule has 0 atom stereocenters. The van der Waals surface area contributed by atoms with E-state index in [-0.39, 0.29) is 0 Å². The van der Waals surface area contributed by atoms with E-state index < -0.39 is 18.5 Å². The van der Waals surface area contributed by atoms with E-state index in [0.717, 1.165) is 29.9 Å². The number of carbonyl (C=O) groups excluding carboxylic acids is 2. The van der Waals surface area contributed by atoms with Crippen LogP contribution < -0.4 is 19.7 Å². The predicted molar refractivity (Wildman–Crippen MR) is 127 cm³/mol. The summed E-state index contributed by atoms with van der Waals surface area (Å²) in [6.07, 6.45) is 0. The molecule has 0 aliphatic carbocycles. The van der Waals surface area contributed by atoms with Gasteiger partial charge in [-0.2, -0.15) is 0 Å². The topological polar surface area (TPSA) is 86.3 Å². The summed E-state index contributed by atoms with van der Waals surface area (Å²) in [5.41, 5.74) is 3.63. The summed E-state index contributed by atoms with van der Waals surface area (Å²) in [5, 5.41) is 2.79. The van der Waals surface area contributed by atoms with Crippen LogP contribution in [0.25, 0.3) is 0 Å². The minimum atomic E-state index is -0.533. The molecule has 1 saturated heterocycles. The Morgan fingerprint density at radius 3 is 2.42 bits per heavy atom. The smallest absolute Gasteiger partial charge is 0.338 e. The van der Waals surface area contributed by atoms with Crippen molar-refractivity contribution >= 4 is 23.3 Å². The average Bonchev–Trinajstić information content (AvgIpc) is 2.81. The fourth-order valence-electron chi connectivity index (χ4n) is 3.61. The maximum absolute atomic E-state index is 12.6. The Morgan fingerprint density at radius 2 is 1.73 bits per heavy atom. The number of anilines is 2. The monoisotopic (exact) mass is 456 g/mol. The molecule has 8 nitrogen and oxygen atoms in total. The van der Waals surface area contributed by atoms with E-state index >= 15 is 0 Å². The molecular formula is C25H32N2O6. The van der Waals surface area contributed by atoms with Crippen LogP contribution >= 0.6 is 0 Å². The summed E-state index contributed by atoms with van der Waals surface area (Å²) >= 11 is 0. The van der Waals surface area contributed by atoms with Crippen molar-refractivity contribution in [2.45, 2.75) is 27.7 Å². The normalized spacial score (nSPS) is 13.4. The van der Waals surface area contributed by atoms with Gasteiger partial charge >= 0.3 is 5.97 Å². The second kappa shape index (κ2) is 11.6. The van der Waals surface area contributed by atoms with E-state index in [0.29, 0.717) is 49.2 Å². The molecule has 1 aliphatic rings. The van der Waals surface area contributed by atoms with Crippen molar-refractivity contribution in [2.75, 3.05) is 56.3 Å². The molecular weight excluding hydrogens is 424 g/mol. The molecule has 0 saturated carbocycles. The molecule has 1 amide bonds. The van der Waals surface area contributed by atoms with Crippen LogP contribution in [-0.4, -0.2) is 58.0 Å². The molecule has 178 valence electrons. The highest BCUT2D eigenvalue weighted by Crippen LogP contribution is 2.39. The molecule has 2 aromatic rings. The second-order valence-corrected chi connectivity index (χ2v) is 7.65. The van der Waals surface area contributed by atoms with Crippen LogP contribution in [0.15, 0.2) is 30.3 Å². The number of rotatable bonds is 9. The largest absolute Gasteiger partial charge is 0.492 e. The third kappa shape index (κ3) is 6.16. The Hall–Kier alpha value is -3.26. The minimum Gasteiger partial charge on any atom is -0.492 e. The molecule has 1 fully saturated rings. The number of nitrogens with one attached hydrogen (secondary N) is 1. The highest BCUT2D eigenvalue weighted by molar-refractivity contribution is 5.97. The van der Waals surface area contributed by atoms with E-state index in [1.165, 1.54) is 0 Å². The van der Waals surface area contributed by atoms with E-state index in [9.17, 15) is 9.59 Å². The Morgan fingerprint density at radius 1 is 1.03 bits per heavy atom. The van der Waals surface area contributed by atoms with Gasteiger partial charge in [-0.1, -0.05) is 12.1 Å². The first kappa shape index (κ1) is 24.4. The van der Waals surface area contributed by atoms with Gasteiger partial charge in [0.1, 0.15) is 11.5 Å². The first-order valence-electron chi connectivity index (χ1n) is 11.2. The molecule has 2 aromatic carbocycles. The SMILES string of the molecule is CCOc1cc(N2CCOCC2)c(OCC)cc1NC(=O)COC(=O)c1cccc(C)c1C. The molecule has 0 bridgehead atoms. The lowest BCUT2D eigenvalue weighted by Gasteiger charge is -2.31. The average molecular weight is 457 g/mol. The summed E-state index contributed by atoms with van der Waals surface area (Å²) < 4.78 is 22.3. The molecule has 0 aromatic heterocycles. The number of hydrogen-bond acceptors (Lipinski definition) is 7. The number of carbonyl (C=O) groups is 2. The zero-order chi connectivity index (χ0) is 23.8. The second-order valence-electron chi connectivity index (χ2n) is 7.65. The van der Waals surface area contributed by atoms with Crippen molar-refractivity contribution in [2.24, 2.45) is 0 Å². The van der Waals surface area contributed by atoms with Crippen molar-refractivity contribution < 1.29 is 28.5 Å². The number of ether oxygens (including phenoxy) is 4. The Balaban J connectivity index is 1.75. The lowest BCUT2D eigenvalue weighted by atomic mass is 10.0. The predicted octanol–water partition coefficient (Wildman–Crippen LogP) is 3.73. The summed E-state index contributed by atoms with van der Waals surface area (Å²) in [5.74, 6) is 0.174. The first-order chi connectivity index (χ1) is 15.9. The molecule has 1 heterocycles. The van der Waals surface area contributed by atoms with Crippen molar-refractivity contribution in [1.82, 2.24) is 0 Å². The number of nitrogens with zero attached hydrogens (tertiary/aromatic N) is 1. The van der Waals surface area contributed by atoms with Gasteiger partial charge in [-0.15, -0.1) is 0 Å². The fourth-order valence-corrected chi connectivity index (χ4v) is 3.61. The van der Waals surface area contributed by atoms with Gasteiger partial charge in [-0.05, 0) is 44.9 Å². The van der Waals surface area contributed by atoms with Gasteiger partial charge < -0.3 is 29.2 Å². The zero-order valence-corrected chi connectivity index (χ0v) is 19.7. The summed E-state index contributed by atoms with van der Waals surface area (Å²) in [7, 11) is 0. The lowest BCUT2D eigenvalue weighted by Crippen LogP contribution is -2.36. The third-order valence-corrected chi connectivity index (χ3v) is 5.45. The minimum absolute atomic E-state index is 0.410. The number of hydrogen-bond donors (Lipinski definition) is 1. The van der Waals surface area contributed by atoms with Gasteiger partial charge in [-0.25, -0.2) is 4.79 Å². The Bertz CT molecular complexity index is 985. The Labute approximate surface area is 194 Å². The third-order valence-electron chi connectivity index (χ3n) is 5.45. The summed E-state index contributed by atoms with van der Waals surface area (Å²) in [6, 6.07) is 9.03. The Kier molecular flexibility index (Phi) is 8.54. The van der Waals surface area contributed by atoms with E-state index in [1.807, 2.05) is 39.8 Å². The molecule has 0 spiro atoms. The highest BCUT2D eigenvalue weighted by Gasteiger charge is 2.21. The van der Waals surface area contributed by atoms with Crippen LogP contribution in [0.2, 0.25) is 0 Å². The van der Waals surface area contributed by atoms with Crippen molar-refractivity contribution in [3.05, 3.63) is 47.0 Å². The molecule has 1 N–H and O–H groups in total. The van der Waals surface area contributed by atoms with E-state index in [1.54, 1.807) is 18.2 Å². The molecule has 8 heteroatoms. The van der Waals surface area contributed by atoms with Crippen LogP contribution in [0.5, 0.6) is 11.5 Å². The van der Waals surface area contributed by atoms with Gasteiger partial charge in [-0.3, -0.25) is 4.79 Å². The first-order valence-corrected chi connectivity index (χ1v) is 11.2. The molecule has 1 aliphatic heterocycles. The lowest BCUT2D eigenvalue weighted by molar-refractivity contribution is -0.119. The summed E-state index contributed by atoms with van der Waals surface area (Å²) in [4.78, 5) is 27.2. The van der Waals surface area contributed by atoms with Gasteiger partial charge in [0.25, 0.3) is 5.91 Å². The maximum Gasteiger partial charge on any atom is 0.338 e. The van der Waals surface area contributed by atoms with Crippen molar-refractivity contribution in [3.63, 3.8) is 0 Å².